The first kappa shape index (κ1) is 17.4. The van der Waals surface area contributed by atoms with Crippen molar-refractivity contribution < 1.29 is 9.53 Å². The van der Waals surface area contributed by atoms with E-state index in [1.807, 2.05) is 20.8 Å². The number of hydrogen-bond acceptors (Lipinski definition) is 4. The topological polar surface area (TPSA) is 77.8 Å². The molecule has 2 fully saturated rings. The first-order chi connectivity index (χ1) is 10.3. The average molecular weight is 326 g/mol. The number of hydrogen-bond donors (Lipinski definition) is 3. The van der Waals surface area contributed by atoms with Gasteiger partial charge in [-0.3, -0.25) is 15.1 Å². The number of nitrogens with one attached hydrogen (secondary N) is 2. The van der Waals surface area contributed by atoms with Crippen molar-refractivity contribution in [2.75, 3.05) is 19.8 Å². The van der Waals surface area contributed by atoms with E-state index >= 15 is 0 Å². The Morgan fingerprint density at radius 3 is 2.45 bits per heavy atom. The molecule has 0 radical (unpaired) electrons. The van der Waals surface area contributed by atoms with Crippen molar-refractivity contribution in [3.8, 4) is 0 Å². The number of amides is 1. The van der Waals surface area contributed by atoms with Crippen LogP contribution in [0.1, 0.15) is 40.0 Å². The highest BCUT2D eigenvalue weighted by Crippen LogP contribution is 2.26. The van der Waals surface area contributed by atoms with Gasteiger partial charge < -0.3 is 10.1 Å². The number of nitrogens with zero attached hydrogens (tertiary/aromatic N) is 2. The molecular formula is C15H26N4O2S. The average Bonchev–Trinajstić information content (AvgIpc) is 2.37. The monoisotopic (exact) mass is 326 g/mol. The van der Waals surface area contributed by atoms with Crippen molar-refractivity contribution in [2.45, 2.75) is 52.1 Å². The quantitative estimate of drug-likeness (QED) is 0.410. The van der Waals surface area contributed by atoms with Gasteiger partial charge >= 0.3 is 0 Å². The van der Waals surface area contributed by atoms with Crippen molar-refractivity contribution >= 4 is 29.5 Å². The molecule has 0 aromatic heterocycles. The minimum Gasteiger partial charge on any atom is -0.381 e. The lowest BCUT2D eigenvalue weighted by Gasteiger charge is -2.46. The van der Waals surface area contributed by atoms with Crippen LogP contribution in [-0.2, 0) is 9.53 Å². The first-order valence-corrected chi connectivity index (χ1v) is 8.25. The zero-order chi connectivity index (χ0) is 16.3. The van der Waals surface area contributed by atoms with Crippen LogP contribution in [-0.4, -0.2) is 53.7 Å². The molecule has 0 saturated carbocycles. The Labute approximate surface area is 137 Å². The Bertz CT molecular complexity index is 467. The predicted octanol–water partition coefficient (Wildman–Crippen LogP) is 1.67. The van der Waals surface area contributed by atoms with Crippen LogP contribution in [0.2, 0.25) is 0 Å². The Hall–Kier alpha value is -0.920. The molecule has 2 aliphatic rings. The lowest BCUT2D eigenvalue weighted by atomic mass is 9.95. The van der Waals surface area contributed by atoms with Crippen molar-refractivity contribution in [3.63, 3.8) is 0 Å². The molecule has 2 saturated heterocycles. The largest absolute Gasteiger partial charge is 0.381 e. The van der Waals surface area contributed by atoms with Gasteiger partial charge in [0.1, 0.15) is 5.84 Å². The second-order valence-electron chi connectivity index (χ2n) is 6.91. The third-order valence-electron chi connectivity index (χ3n) is 4.19. The third-order valence-corrected chi connectivity index (χ3v) is 4.40. The van der Waals surface area contributed by atoms with Gasteiger partial charge in [-0.25, -0.2) is 4.99 Å². The smallest absolute Gasteiger partial charge is 0.243 e. The highest BCUT2D eigenvalue weighted by Gasteiger charge is 2.39. The summed E-state index contributed by atoms with van der Waals surface area (Å²) in [5, 5.41) is 10.8. The van der Waals surface area contributed by atoms with E-state index in [4.69, 9.17) is 10.1 Å². The second kappa shape index (κ2) is 7.10. The maximum absolute atomic E-state index is 12.3. The van der Waals surface area contributed by atoms with Gasteiger partial charge in [0.15, 0.2) is 5.17 Å². The molecule has 2 N–H and O–H groups in total. The van der Waals surface area contributed by atoms with E-state index in [0.717, 1.165) is 39.0 Å². The molecule has 0 bridgehead atoms. The van der Waals surface area contributed by atoms with Gasteiger partial charge in [-0.1, -0.05) is 20.8 Å². The Morgan fingerprint density at radius 2 is 1.95 bits per heavy atom. The summed E-state index contributed by atoms with van der Waals surface area (Å²) in [4.78, 5) is 18.6. The molecule has 0 aliphatic carbocycles. The highest BCUT2D eigenvalue weighted by atomic mass is 32.1. The van der Waals surface area contributed by atoms with Crippen LogP contribution >= 0.6 is 12.6 Å². The zero-order valence-electron chi connectivity index (χ0n) is 13.6. The van der Waals surface area contributed by atoms with Crippen molar-refractivity contribution in [1.82, 2.24) is 10.2 Å². The second-order valence-corrected chi connectivity index (χ2v) is 7.33. The van der Waals surface area contributed by atoms with E-state index in [2.05, 4.69) is 27.8 Å². The zero-order valence-corrected chi connectivity index (χ0v) is 14.4. The Balaban J connectivity index is 1.89. The molecular weight excluding hydrogens is 300 g/mol. The van der Waals surface area contributed by atoms with Crippen LogP contribution in [0.15, 0.2) is 4.99 Å². The molecule has 7 heteroatoms. The summed E-state index contributed by atoms with van der Waals surface area (Å²) >= 11 is 4.19. The Kier molecular flexibility index (Phi) is 5.63. The van der Waals surface area contributed by atoms with Crippen LogP contribution in [0.4, 0.5) is 0 Å². The normalized spacial score (nSPS) is 24.7. The molecule has 6 nitrogen and oxygen atoms in total. The van der Waals surface area contributed by atoms with E-state index in [-0.39, 0.29) is 28.4 Å². The number of likely N-dealkylation sites (tertiary alicyclic amines) is 1. The molecule has 0 unspecified atom stereocenters. The van der Waals surface area contributed by atoms with Gasteiger partial charge in [-0.05, 0) is 19.3 Å². The third kappa shape index (κ3) is 4.30. The Morgan fingerprint density at radius 1 is 1.32 bits per heavy atom. The molecule has 22 heavy (non-hydrogen) atoms. The molecule has 0 spiro atoms. The maximum Gasteiger partial charge on any atom is 0.243 e. The molecule has 0 aromatic rings. The molecule has 2 heterocycles. The lowest BCUT2D eigenvalue weighted by Crippen LogP contribution is -2.61. The van der Waals surface area contributed by atoms with Crippen molar-refractivity contribution in [1.29, 1.82) is 5.41 Å². The van der Waals surface area contributed by atoms with E-state index < -0.39 is 0 Å². The summed E-state index contributed by atoms with van der Waals surface area (Å²) in [7, 11) is 0. The van der Waals surface area contributed by atoms with Gasteiger partial charge in [-0.2, -0.15) is 0 Å². The van der Waals surface area contributed by atoms with Gasteiger partial charge in [0.25, 0.3) is 0 Å². The van der Waals surface area contributed by atoms with Gasteiger partial charge in [0.2, 0.25) is 5.91 Å². The maximum atomic E-state index is 12.3. The first-order valence-electron chi connectivity index (χ1n) is 7.80. The minimum absolute atomic E-state index is 0.0757. The number of ether oxygens (including phenoxy) is 1. The number of carbonyl (C=O) groups is 1. The van der Waals surface area contributed by atoms with Gasteiger partial charge in [0.05, 0.1) is 6.04 Å². The minimum atomic E-state index is -0.358. The molecule has 0 aromatic carbocycles. The molecule has 2 rings (SSSR count). The van der Waals surface area contributed by atoms with Gasteiger partial charge in [0, 0.05) is 31.2 Å². The van der Waals surface area contributed by atoms with Gasteiger partial charge in [-0.15, -0.1) is 12.6 Å². The SMILES string of the molecule is CC(C)(C)C(=N)/N=C(\S)NC(=O)[C@@H]1CCN1C1CCOCC1. The highest BCUT2D eigenvalue weighted by molar-refractivity contribution is 7.97. The van der Waals surface area contributed by atoms with Crippen LogP contribution in [0.3, 0.4) is 0 Å². The number of aliphatic imine (C=N–C) groups is 1. The molecule has 2 aliphatic heterocycles. The number of amidine groups is 2. The van der Waals surface area contributed by atoms with Crippen LogP contribution in [0, 0.1) is 10.8 Å². The summed E-state index contributed by atoms with van der Waals surface area (Å²) < 4.78 is 5.37. The van der Waals surface area contributed by atoms with E-state index in [0.29, 0.717) is 6.04 Å². The lowest BCUT2D eigenvalue weighted by molar-refractivity contribution is -0.133. The van der Waals surface area contributed by atoms with Crippen molar-refractivity contribution in [2.24, 2.45) is 10.4 Å². The number of carbonyl (C=O) groups excluding carboxylic acids is 1. The fourth-order valence-corrected chi connectivity index (χ4v) is 2.85. The fraction of sp³-hybridized carbons (Fsp3) is 0.800. The molecule has 1 atom stereocenters. The van der Waals surface area contributed by atoms with E-state index in [9.17, 15) is 4.79 Å². The van der Waals surface area contributed by atoms with Crippen LogP contribution in [0.25, 0.3) is 0 Å². The van der Waals surface area contributed by atoms with E-state index in [1.54, 1.807) is 0 Å². The summed E-state index contributed by atoms with van der Waals surface area (Å²) in [6, 6.07) is 0.329. The summed E-state index contributed by atoms with van der Waals surface area (Å²) in [5.41, 5.74) is -0.358. The fourth-order valence-electron chi connectivity index (χ4n) is 2.64. The van der Waals surface area contributed by atoms with Crippen LogP contribution in [0.5, 0.6) is 0 Å². The van der Waals surface area contributed by atoms with E-state index in [1.165, 1.54) is 0 Å². The summed E-state index contributed by atoms with van der Waals surface area (Å²) in [5.74, 6) is 0.126. The number of rotatable bonds is 2. The van der Waals surface area contributed by atoms with Crippen LogP contribution < -0.4 is 5.32 Å². The standard InChI is InChI=1S/C15H26N4O2S/c1-15(2,3)13(16)18-14(22)17-12(20)11-4-7-19(11)10-5-8-21-9-6-10/h10-11H,4-9H2,1-3H3,(H3,16,17,18,20,22)/t11-/m0/s1. The molecule has 124 valence electrons. The van der Waals surface area contributed by atoms with Crippen molar-refractivity contribution in [3.05, 3.63) is 0 Å². The molecule has 1 amide bonds. The summed E-state index contributed by atoms with van der Waals surface area (Å²) in [6.45, 7) is 8.22. The number of thiol groups is 1. The summed E-state index contributed by atoms with van der Waals surface area (Å²) in [6.07, 6.45) is 2.83. The predicted molar refractivity (Wildman–Crippen MR) is 90.7 cm³/mol.